The van der Waals surface area contributed by atoms with Crippen molar-refractivity contribution in [1.82, 2.24) is 10.7 Å². The summed E-state index contributed by atoms with van der Waals surface area (Å²) in [6.45, 7) is 3.28. The molecule has 0 fully saturated rings. The van der Waals surface area contributed by atoms with Crippen LogP contribution in [0.1, 0.15) is 19.4 Å². The van der Waals surface area contributed by atoms with Gasteiger partial charge in [-0.05, 0) is 24.1 Å². The Balaban J connectivity index is 0.000000231. The summed E-state index contributed by atoms with van der Waals surface area (Å²) < 4.78 is 0. The summed E-state index contributed by atoms with van der Waals surface area (Å²) in [5.41, 5.74) is 7.36. The average molecular weight is 322 g/mol. The molecule has 1 aliphatic heterocycles. The molecule has 3 amide bonds. The van der Waals surface area contributed by atoms with Crippen LogP contribution in [0.3, 0.4) is 0 Å². The zero-order valence-corrected chi connectivity index (χ0v) is 13.5. The highest BCUT2D eigenvalue weighted by Gasteiger charge is 2.22. The molecule has 0 saturated carbocycles. The zero-order chi connectivity index (χ0) is 17.1. The van der Waals surface area contributed by atoms with Crippen molar-refractivity contribution in [2.24, 2.45) is 5.10 Å². The number of nitrogens with zero attached hydrogens (tertiary/aromatic N) is 1. The van der Waals surface area contributed by atoms with E-state index in [1.54, 1.807) is 6.07 Å². The molecule has 1 aromatic carbocycles. The Morgan fingerprint density at radius 2 is 1.71 bits per heavy atom. The van der Waals surface area contributed by atoms with Crippen molar-refractivity contribution in [2.45, 2.75) is 19.9 Å². The Morgan fingerprint density at radius 3 is 2.21 bits per heavy atom. The highest BCUT2D eigenvalue weighted by molar-refractivity contribution is 6.12. The smallest absolute Gasteiger partial charge is 0.328 e. The molecule has 1 atom stereocenters. The van der Waals surface area contributed by atoms with Crippen molar-refractivity contribution >= 4 is 23.3 Å². The normalized spacial score (nSPS) is 16.7. The predicted octanol–water partition coefficient (Wildman–Crippen LogP) is 2.72. The molecule has 122 valence electrons. The molecule has 0 radical (unpaired) electrons. The summed E-state index contributed by atoms with van der Waals surface area (Å²) in [6.07, 6.45) is 0. The fraction of sp³-hybridized carbons (Fsp3) is 0.167. The predicted molar refractivity (Wildman–Crippen MR) is 93.8 cm³/mol. The molecule has 0 aromatic heterocycles. The van der Waals surface area contributed by atoms with Gasteiger partial charge in [-0.3, -0.25) is 4.79 Å². The number of anilines is 1. The van der Waals surface area contributed by atoms with Gasteiger partial charge in [-0.1, -0.05) is 42.5 Å². The molecule has 2 aliphatic carbocycles. The quantitative estimate of drug-likeness (QED) is 0.678. The van der Waals surface area contributed by atoms with Crippen molar-refractivity contribution in [3.05, 3.63) is 54.1 Å². The number of benzene rings is 2. The van der Waals surface area contributed by atoms with Crippen LogP contribution in [0.15, 0.2) is 53.6 Å². The maximum atomic E-state index is 11.1. The van der Waals surface area contributed by atoms with Crippen LogP contribution < -0.4 is 16.1 Å². The van der Waals surface area contributed by atoms with Crippen LogP contribution in [0.4, 0.5) is 10.5 Å². The number of hydrogen-bond donors (Lipinski definition) is 3. The summed E-state index contributed by atoms with van der Waals surface area (Å²) in [7, 11) is 0. The topological polar surface area (TPSA) is 82.6 Å². The van der Waals surface area contributed by atoms with E-state index < -0.39 is 0 Å². The maximum absolute atomic E-state index is 11.1. The largest absolute Gasteiger partial charge is 0.335 e. The Hall–Kier alpha value is -3.15. The van der Waals surface area contributed by atoms with Gasteiger partial charge in [0.25, 0.3) is 0 Å². The van der Waals surface area contributed by atoms with E-state index in [0.717, 1.165) is 5.56 Å². The van der Waals surface area contributed by atoms with E-state index in [0.29, 0.717) is 11.4 Å². The average Bonchev–Trinajstić information content (AvgIpc) is 2.52. The molecule has 3 aliphatic rings. The number of rotatable bonds is 2. The molecule has 6 heteroatoms. The van der Waals surface area contributed by atoms with Crippen LogP contribution >= 0.6 is 0 Å². The Morgan fingerprint density at radius 1 is 1.08 bits per heavy atom. The van der Waals surface area contributed by atoms with Crippen molar-refractivity contribution in [3.8, 4) is 11.1 Å². The van der Waals surface area contributed by atoms with Crippen molar-refractivity contribution in [1.29, 1.82) is 0 Å². The first-order chi connectivity index (χ1) is 11.5. The standard InChI is InChI=1S/C12H14N4O2.C6H4/c1-7-11(15-16-12(18)13-7)9-5-3-4-6-10(9)14-8(2)17;1-2-6-4-3-5(1)6/h3-7H,1-2H3,(H,14,17)(H2,13,16,18);1-4H. The van der Waals surface area contributed by atoms with Crippen LogP contribution in [0.25, 0.3) is 11.1 Å². The molecular formula is C18H18N4O2. The van der Waals surface area contributed by atoms with Gasteiger partial charge in [0.15, 0.2) is 0 Å². The third-order valence-electron chi connectivity index (χ3n) is 3.77. The zero-order valence-electron chi connectivity index (χ0n) is 13.5. The minimum Gasteiger partial charge on any atom is -0.328 e. The van der Waals surface area contributed by atoms with E-state index in [-0.39, 0.29) is 18.0 Å². The third-order valence-corrected chi connectivity index (χ3v) is 3.77. The van der Waals surface area contributed by atoms with Crippen molar-refractivity contribution in [3.63, 3.8) is 0 Å². The molecule has 3 N–H and O–H groups in total. The van der Waals surface area contributed by atoms with Crippen molar-refractivity contribution in [2.75, 3.05) is 5.32 Å². The highest BCUT2D eigenvalue weighted by atomic mass is 16.2. The van der Waals surface area contributed by atoms with Gasteiger partial charge in [0.2, 0.25) is 5.91 Å². The van der Waals surface area contributed by atoms with Crippen LogP contribution in [-0.4, -0.2) is 23.7 Å². The second-order valence-electron chi connectivity index (χ2n) is 5.61. The number of hydrogen-bond acceptors (Lipinski definition) is 3. The molecule has 0 spiro atoms. The minimum atomic E-state index is -0.330. The summed E-state index contributed by atoms with van der Waals surface area (Å²) in [5, 5.41) is 9.49. The van der Waals surface area contributed by atoms with Crippen LogP contribution in [-0.2, 0) is 4.79 Å². The number of nitrogens with one attached hydrogen (secondary N) is 3. The lowest BCUT2D eigenvalue weighted by atomic mass is 9.95. The lowest BCUT2D eigenvalue weighted by Crippen LogP contribution is -2.48. The molecule has 24 heavy (non-hydrogen) atoms. The third kappa shape index (κ3) is 3.27. The number of para-hydroxylation sites is 1. The van der Waals surface area contributed by atoms with Crippen LogP contribution in [0.5, 0.6) is 0 Å². The van der Waals surface area contributed by atoms with Gasteiger partial charge in [-0.15, -0.1) is 0 Å². The molecular weight excluding hydrogens is 304 g/mol. The summed E-state index contributed by atoms with van der Waals surface area (Å²) in [5.74, 6) is -0.150. The van der Waals surface area contributed by atoms with E-state index in [1.807, 2.05) is 25.1 Å². The molecule has 1 heterocycles. The number of amides is 3. The first-order valence-corrected chi connectivity index (χ1v) is 7.66. The van der Waals surface area contributed by atoms with Gasteiger partial charge in [0.05, 0.1) is 11.8 Å². The first-order valence-electron chi connectivity index (χ1n) is 7.66. The molecule has 0 saturated heterocycles. The van der Waals surface area contributed by atoms with E-state index in [2.05, 4.69) is 45.4 Å². The number of urea groups is 1. The van der Waals surface area contributed by atoms with Crippen LogP contribution in [0, 0.1) is 0 Å². The van der Waals surface area contributed by atoms with Gasteiger partial charge in [0.1, 0.15) is 0 Å². The van der Waals surface area contributed by atoms with Gasteiger partial charge < -0.3 is 10.6 Å². The lowest BCUT2D eigenvalue weighted by molar-refractivity contribution is -0.114. The lowest BCUT2D eigenvalue weighted by Gasteiger charge is -2.22. The summed E-state index contributed by atoms with van der Waals surface area (Å²) >= 11 is 0. The van der Waals surface area contributed by atoms with Gasteiger partial charge >= 0.3 is 6.03 Å². The van der Waals surface area contributed by atoms with Gasteiger partial charge in [-0.2, -0.15) is 5.10 Å². The van der Waals surface area contributed by atoms with Gasteiger partial charge in [0, 0.05) is 18.2 Å². The summed E-state index contributed by atoms with van der Waals surface area (Å²) in [6, 6.07) is 15.3. The Bertz CT molecular complexity index is 791. The molecule has 0 bridgehead atoms. The first kappa shape index (κ1) is 15.7. The van der Waals surface area contributed by atoms with E-state index in [9.17, 15) is 9.59 Å². The number of carbonyl (C=O) groups excluding carboxylic acids is 2. The highest BCUT2D eigenvalue weighted by Crippen LogP contribution is 2.29. The van der Waals surface area contributed by atoms with E-state index >= 15 is 0 Å². The summed E-state index contributed by atoms with van der Waals surface area (Å²) in [4.78, 5) is 22.3. The fourth-order valence-corrected chi connectivity index (χ4v) is 2.47. The molecule has 4 rings (SSSR count). The Kier molecular flexibility index (Phi) is 4.29. The molecule has 1 aromatic rings. The Labute approximate surface area is 140 Å². The van der Waals surface area contributed by atoms with Crippen molar-refractivity contribution < 1.29 is 9.59 Å². The monoisotopic (exact) mass is 322 g/mol. The van der Waals surface area contributed by atoms with Gasteiger partial charge in [-0.25, -0.2) is 10.2 Å². The number of hydrazone groups is 1. The number of carbonyl (C=O) groups is 2. The van der Waals surface area contributed by atoms with E-state index in [1.165, 1.54) is 18.1 Å². The second-order valence-corrected chi connectivity index (χ2v) is 5.61. The SMILES string of the molecule is CC(=O)Nc1ccccc1C1=NNC(=O)NC1C.c1cc2ccc1-2. The molecule has 6 nitrogen and oxygen atoms in total. The van der Waals surface area contributed by atoms with Crippen LogP contribution in [0.2, 0.25) is 0 Å². The molecule has 1 unspecified atom stereocenters. The second kappa shape index (κ2) is 6.54. The van der Waals surface area contributed by atoms with E-state index in [4.69, 9.17) is 0 Å². The number of fused-ring (bicyclic) bond motifs is 1. The maximum Gasteiger partial charge on any atom is 0.335 e. The minimum absolute atomic E-state index is 0.150. The fourth-order valence-electron chi connectivity index (χ4n) is 2.47.